The fourth-order valence-corrected chi connectivity index (χ4v) is 4.50. The van der Waals surface area contributed by atoms with Gasteiger partial charge in [0.1, 0.15) is 11.4 Å². The summed E-state index contributed by atoms with van der Waals surface area (Å²) in [6.45, 7) is 0. The Labute approximate surface area is 170 Å². The second-order valence-electron chi connectivity index (χ2n) is 6.26. The number of fused-ring (bicyclic) bond motifs is 2. The number of thiazole rings is 1. The van der Waals surface area contributed by atoms with E-state index in [0.29, 0.717) is 21.7 Å². The number of anilines is 1. The summed E-state index contributed by atoms with van der Waals surface area (Å²) in [6, 6.07) is 10.1. The van der Waals surface area contributed by atoms with Crippen molar-refractivity contribution in [3.63, 3.8) is 0 Å². The lowest BCUT2D eigenvalue weighted by atomic mass is 9.98. The van der Waals surface area contributed by atoms with Crippen LogP contribution in [0, 0.1) is 5.82 Å². The average molecular weight is 457 g/mol. The minimum Gasteiger partial charge on any atom is -0.450 e. The molecule has 0 aliphatic carbocycles. The second-order valence-corrected chi connectivity index (χ2v) is 8.05. The van der Waals surface area contributed by atoms with Crippen molar-refractivity contribution in [3.8, 4) is 0 Å². The topological polar surface area (TPSA) is 63.4 Å². The van der Waals surface area contributed by atoms with Gasteiger partial charge in [0, 0.05) is 16.0 Å². The maximum absolute atomic E-state index is 13.9. The van der Waals surface area contributed by atoms with Crippen molar-refractivity contribution in [2.45, 2.75) is 6.04 Å². The highest BCUT2D eigenvalue weighted by molar-refractivity contribution is 9.10. The lowest BCUT2D eigenvalue weighted by molar-refractivity contribution is 0.0971. The van der Waals surface area contributed by atoms with E-state index in [2.05, 4.69) is 20.9 Å². The highest BCUT2D eigenvalue weighted by Crippen LogP contribution is 2.42. The average Bonchev–Trinajstić information content (AvgIpc) is 3.29. The molecule has 4 aromatic rings. The first-order valence-corrected chi connectivity index (χ1v) is 9.96. The first-order chi connectivity index (χ1) is 13.5. The van der Waals surface area contributed by atoms with Gasteiger partial charge in [0.25, 0.3) is 5.91 Å². The largest absolute Gasteiger partial charge is 0.450 e. The Bertz CT molecular complexity index is 1300. The third-order valence-electron chi connectivity index (χ3n) is 4.62. The summed E-state index contributed by atoms with van der Waals surface area (Å²) in [6.07, 6.45) is 1.57. The number of carbonyl (C=O) groups is 1. The van der Waals surface area contributed by atoms with E-state index in [4.69, 9.17) is 4.42 Å². The van der Waals surface area contributed by atoms with E-state index in [0.717, 1.165) is 4.47 Å². The summed E-state index contributed by atoms with van der Waals surface area (Å²) in [5.41, 5.74) is 0.666. The van der Waals surface area contributed by atoms with Crippen LogP contribution in [-0.2, 0) is 0 Å². The van der Waals surface area contributed by atoms with Crippen LogP contribution in [0.4, 0.5) is 9.52 Å². The van der Waals surface area contributed by atoms with Crippen LogP contribution in [0.3, 0.4) is 0 Å². The Balaban J connectivity index is 1.85. The second kappa shape index (κ2) is 6.35. The zero-order valence-electron chi connectivity index (χ0n) is 14.1. The van der Waals surface area contributed by atoms with Gasteiger partial charge in [0.05, 0.1) is 17.0 Å². The van der Waals surface area contributed by atoms with E-state index in [-0.39, 0.29) is 16.8 Å². The number of rotatable bonds is 2. The van der Waals surface area contributed by atoms with E-state index in [9.17, 15) is 14.0 Å². The Hall–Kier alpha value is -2.84. The molecule has 5 rings (SSSR count). The van der Waals surface area contributed by atoms with Gasteiger partial charge in [-0.1, -0.05) is 28.1 Å². The van der Waals surface area contributed by atoms with Gasteiger partial charge in [-0.25, -0.2) is 9.37 Å². The molecule has 2 aromatic heterocycles. The van der Waals surface area contributed by atoms with Crippen molar-refractivity contribution in [1.82, 2.24) is 4.98 Å². The molecule has 138 valence electrons. The maximum atomic E-state index is 13.9. The molecule has 1 aliphatic heterocycles. The van der Waals surface area contributed by atoms with Crippen LogP contribution in [0.25, 0.3) is 11.0 Å². The van der Waals surface area contributed by atoms with Crippen LogP contribution in [0.5, 0.6) is 0 Å². The van der Waals surface area contributed by atoms with Crippen molar-refractivity contribution < 1.29 is 13.6 Å². The number of aromatic nitrogens is 1. The quantitative estimate of drug-likeness (QED) is 0.430. The lowest BCUT2D eigenvalue weighted by Crippen LogP contribution is -2.29. The third-order valence-corrected chi connectivity index (χ3v) is 5.89. The smallest absolute Gasteiger partial charge is 0.297 e. The van der Waals surface area contributed by atoms with Crippen LogP contribution in [0.15, 0.2) is 67.7 Å². The molecule has 8 heteroatoms. The molecule has 5 nitrogen and oxygen atoms in total. The molecule has 2 aromatic carbocycles. The molecule has 3 heterocycles. The van der Waals surface area contributed by atoms with Crippen molar-refractivity contribution >= 4 is 49.3 Å². The van der Waals surface area contributed by atoms with E-state index in [1.165, 1.54) is 28.4 Å². The molecule has 28 heavy (non-hydrogen) atoms. The highest BCUT2D eigenvalue weighted by Gasteiger charge is 2.44. The molecule has 1 amide bonds. The summed E-state index contributed by atoms with van der Waals surface area (Å²) < 4.78 is 20.5. The Morgan fingerprint density at radius 1 is 1.18 bits per heavy atom. The predicted octanol–water partition coefficient (Wildman–Crippen LogP) is 4.90. The third kappa shape index (κ3) is 2.52. The molecule has 0 spiro atoms. The Morgan fingerprint density at radius 3 is 2.79 bits per heavy atom. The van der Waals surface area contributed by atoms with Gasteiger partial charge >= 0.3 is 0 Å². The SMILES string of the molecule is O=C1c2oc3ccc(Br)cc3c(=O)c2[C@@H](c2cccc(F)c2)N1c1nccs1. The number of benzene rings is 2. The Kier molecular flexibility index (Phi) is 3.92. The molecule has 0 saturated carbocycles. The van der Waals surface area contributed by atoms with E-state index in [1.54, 1.807) is 41.9 Å². The number of halogens is 2. The van der Waals surface area contributed by atoms with Gasteiger partial charge in [-0.3, -0.25) is 14.5 Å². The first kappa shape index (κ1) is 17.3. The monoisotopic (exact) mass is 456 g/mol. The molecule has 0 fully saturated rings. The summed E-state index contributed by atoms with van der Waals surface area (Å²) in [5.74, 6) is -0.962. The normalized spacial score (nSPS) is 16.0. The van der Waals surface area contributed by atoms with Crippen LogP contribution in [0.1, 0.15) is 27.7 Å². The standard InChI is InChI=1S/C20H10BrFN2O3S/c21-11-4-5-14-13(9-11)17(25)15-16(10-2-1-3-12(22)8-10)24(19(26)18(15)27-14)20-23-6-7-28-20/h1-9,16H/t16-/m1/s1. The molecule has 0 unspecified atom stereocenters. The van der Waals surface area contributed by atoms with Crippen molar-refractivity contribution in [2.75, 3.05) is 4.90 Å². The van der Waals surface area contributed by atoms with Crippen molar-refractivity contribution in [1.29, 1.82) is 0 Å². The minimum atomic E-state index is -0.816. The predicted molar refractivity (Wildman–Crippen MR) is 107 cm³/mol. The van der Waals surface area contributed by atoms with Crippen LogP contribution < -0.4 is 10.3 Å². The number of hydrogen-bond donors (Lipinski definition) is 0. The fraction of sp³-hybridized carbons (Fsp3) is 0.0500. The summed E-state index contributed by atoms with van der Waals surface area (Å²) in [7, 11) is 0. The molecule has 1 aliphatic rings. The van der Waals surface area contributed by atoms with Gasteiger partial charge in [-0.05, 0) is 35.9 Å². The number of amides is 1. The van der Waals surface area contributed by atoms with Crippen LogP contribution in [0.2, 0.25) is 0 Å². The van der Waals surface area contributed by atoms with Gasteiger partial charge in [-0.2, -0.15) is 0 Å². The Morgan fingerprint density at radius 2 is 2.04 bits per heavy atom. The van der Waals surface area contributed by atoms with Crippen LogP contribution >= 0.6 is 27.3 Å². The number of carbonyl (C=O) groups excluding carboxylic acids is 1. The zero-order valence-corrected chi connectivity index (χ0v) is 16.5. The van der Waals surface area contributed by atoms with Gasteiger partial charge in [0.15, 0.2) is 10.6 Å². The molecule has 0 radical (unpaired) electrons. The van der Waals surface area contributed by atoms with Crippen LogP contribution in [-0.4, -0.2) is 10.9 Å². The van der Waals surface area contributed by atoms with Crippen molar-refractivity contribution in [2.24, 2.45) is 0 Å². The van der Waals surface area contributed by atoms with Gasteiger partial charge in [0.2, 0.25) is 5.76 Å². The number of nitrogens with zero attached hydrogens (tertiary/aromatic N) is 2. The molecule has 0 N–H and O–H groups in total. The highest BCUT2D eigenvalue weighted by atomic mass is 79.9. The van der Waals surface area contributed by atoms with Gasteiger partial charge < -0.3 is 4.42 Å². The molecule has 0 saturated heterocycles. The molecule has 1 atom stereocenters. The summed E-state index contributed by atoms with van der Waals surface area (Å²) >= 11 is 4.61. The van der Waals surface area contributed by atoms with E-state index in [1.807, 2.05) is 0 Å². The van der Waals surface area contributed by atoms with E-state index >= 15 is 0 Å². The summed E-state index contributed by atoms with van der Waals surface area (Å²) in [5, 5.41) is 2.50. The lowest BCUT2D eigenvalue weighted by Gasteiger charge is -2.22. The minimum absolute atomic E-state index is 0.0377. The van der Waals surface area contributed by atoms with E-state index < -0.39 is 17.8 Å². The number of hydrogen-bond acceptors (Lipinski definition) is 5. The maximum Gasteiger partial charge on any atom is 0.297 e. The zero-order chi connectivity index (χ0) is 19.4. The van der Waals surface area contributed by atoms with Crippen molar-refractivity contribution in [3.05, 3.63) is 91.4 Å². The summed E-state index contributed by atoms with van der Waals surface area (Å²) in [4.78, 5) is 32.1. The molecular weight excluding hydrogens is 447 g/mol. The first-order valence-electron chi connectivity index (χ1n) is 8.29. The molecule has 0 bridgehead atoms. The van der Waals surface area contributed by atoms with Gasteiger partial charge in [-0.15, -0.1) is 11.3 Å². The molecular formula is C20H10BrFN2O3S. The fourth-order valence-electron chi connectivity index (χ4n) is 3.47.